The maximum atomic E-state index is 4.48. The molecule has 1 aliphatic rings. The Labute approximate surface area is 140 Å². The summed E-state index contributed by atoms with van der Waals surface area (Å²) in [5.41, 5.74) is 1.37. The number of aryl methyl sites for hydroxylation is 1. The van der Waals surface area contributed by atoms with Crippen molar-refractivity contribution in [1.29, 1.82) is 0 Å². The summed E-state index contributed by atoms with van der Waals surface area (Å²) in [5, 5.41) is 3.56. The fourth-order valence-corrected chi connectivity index (χ4v) is 3.30. The Morgan fingerprint density at radius 1 is 1.32 bits per heavy atom. The molecule has 0 radical (unpaired) electrons. The lowest BCUT2D eigenvalue weighted by Gasteiger charge is -2.21. The molecule has 1 saturated heterocycles. The lowest BCUT2D eigenvalue weighted by atomic mass is 10.2. The van der Waals surface area contributed by atoms with E-state index in [1.165, 1.54) is 5.56 Å². The van der Waals surface area contributed by atoms with Gasteiger partial charge >= 0.3 is 0 Å². The van der Waals surface area contributed by atoms with Gasteiger partial charge in [0.25, 0.3) is 0 Å². The lowest BCUT2D eigenvalue weighted by Crippen LogP contribution is -2.28. The van der Waals surface area contributed by atoms with Crippen LogP contribution in [0.25, 0.3) is 0 Å². The Morgan fingerprint density at radius 2 is 2.09 bits per heavy atom. The third kappa shape index (κ3) is 3.65. The summed E-state index contributed by atoms with van der Waals surface area (Å²) >= 11 is 3.52. The highest BCUT2D eigenvalue weighted by atomic mass is 79.9. The second-order valence-corrected chi connectivity index (χ2v) is 6.81. The molecule has 3 rings (SSSR count). The molecule has 116 valence electrons. The number of halogens is 1. The average molecular weight is 361 g/mol. The number of nitrogens with one attached hydrogen (secondary N) is 1. The molecular weight excluding hydrogens is 340 g/mol. The molecule has 0 aliphatic carbocycles. The van der Waals surface area contributed by atoms with Crippen LogP contribution in [0.3, 0.4) is 0 Å². The van der Waals surface area contributed by atoms with Gasteiger partial charge in [-0.3, -0.25) is 4.90 Å². The highest BCUT2D eigenvalue weighted by Crippen LogP contribution is 2.25. The molecular formula is C17H21BrN4. The molecule has 0 bridgehead atoms. The molecule has 2 unspecified atom stereocenters. The Balaban J connectivity index is 1.64. The first-order chi connectivity index (χ1) is 10.6. The van der Waals surface area contributed by atoms with Crippen molar-refractivity contribution in [2.45, 2.75) is 38.9 Å². The first kappa shape index (κ1) is 15.4. The Hall–Kier alpha value is -1.46. The van der Waals surface area contributed by atoms with E-state index in [-0.39, 0.29) is 0 Å². The Kier molecular flexibility index (Phi) is 4.74. The summed E-state index contributed by atoms with van der Waals surface area (Å²) < 4.78 is 0.923. The van der Waals surface area contributed by atoms with E-state index in [2.05, 4.69) is 73.4 Å². The van der Waals surface area contributed by atoms with E-state index in [1.54, 1.807) is 0 Å². The van der Waals surface area contributed by atoms with Crippen LogP contribution in [0.1, 0.15) is 24.7 Å². The van der Waals surface area contributed by atoms with Gasteiger partial charge in [-0.2, -0.15) is 0 Å². The molecule has 0 amide bonds. The van der Waals surface area contributed by atoms with Crippen LogP contribution in [-0.4, -0.2) is 33.5 Å². The normalized spacial score (nSPS) is 22.0. The first-order valence-electron chi connectivity index (χ1n) is 7.65. The summed E-state index contributed by atoms with van der Waals surface area (Å²) in [4.78, 5) is 11.2. The number of rotatable bonds is 4. The fourth-order valence-electron chi connectivity index (χ4n) is 2.99. The van der Waals surface area contributed by atoms with Crippen LogP contribution in [0.15, 0.2) is 41.0 Å². The molecule has 1 aliphatic heterocycles. The van der Waals surface area contributed by atoms with Crippen molar-refractivity contribution in [3.8, 4) is 0 Å². The second kappa shape index (κ2) is 6.75. The van der Waals surface area contributed by atoms with Crippen molar-refractivity contribution in [1.82, 2.24) is 14.9 Å². The number of nitrogens with zero attached hydrogens (tertiary/aromatic N) is 3. The van der Waals surface area contributed by atoms with Crippen molar-refractivity contribution in [3.05, 3.63) is 52.4 Å². The van der Waals surface area contributed by atoms with Gasteiger partial charge in [-0.1, -0.05) is 30.3 Å². The quantitative estimate of drug-likeness (QED) is 0.903. The van der Waals surface area contributed by atoms with E-state index in [0.29, 0.717) is 12.1 Å². The SMILES string of the molecule is Cc1ncc(Br)c(NC2CC(C)N(Cc3ccccc3)C2)n1. The molecule has 22 heavy (non-hydrogen) atoms. The average Bonchev–Trinajstić information content (AvgIpc) is 2.84. The monoisotopic (exact) mass is 360 g/mol. The Morgan fingerprint density at radius 3 is 2.86 bits per heavy atom. The minimum atomic E-state index is 0.421. The second-order valence-electron chi connectivity index (χ2n) is 5.95. The number of anilines is 1. The van der Waals surface area contributed by atoms with E-state index in [1.807, 2.05) is 13.1 Å². The van der Waals surface area contributed by atoms with Gasteiger partial charge < -0.3 is 5.32 Å². The van der Waals surface area contributed by atoms with E-state index in [9.17, 15) is 0 Å². The number of aromatic nitrogens is 2. The largest absolute Gasteiger partial charge is 0.365 e. The van der Waals surface area contributed by atoms with Crippen molar-refractivity contribution >= 4 is 21.7 Å². The van der Waals surface area contributed by atoms with Crippen molar-refractivity contribution in [2.75, 3.05) is 11.9 Å². The number of benzene rings is 1. The summed E-state index contributed by atoms with van der Waals surface area (Å²) in [6.45, 7) is 6.25. The fraction of sp³-hybridized carbons (Fsp3) is 0.412. The van der Waals surface area contributed by atoms with Crippen molar-refractivity contribution < 1.29 is 0 Å². The maximum Gasteiger partial charge on any atom is 0.144 e. The molecule has 1 aromatic carbocycles. The Bertz CT molecular complexity index is 632. The molecule has 2 atom stereocenters. The van der Waals surface area contributed by atoms with Crippen LogP contribution < -0.4 is 5.32 Å². The van der Waals surface area contributed by atoms with Crippen LogP contribution >= 0.6 is 15.9 Å². The van der Waals surface area contributed by atoms with Gasteiger partial charge in [-0.25, -0.2) is 9.97 Å². The van der Waals surface area contributed by atoms with Crippen LogP contribution in [0, 0.1) is 6.92 Å². The smallest absolute Gasteiger partial charge is 0.144 e. The molecule has 2 heterocycles. The molecule has 0 saturated carbocycles. The zero-order valence-corrected chi connectivity index (χ0v) is 14.5. The molecule has 1 fully saturated rings. The molecule has 1 aromatic heterocycles. The summed E-state index contributed by atoms with van der Waals surface area (Å²) in [6.07, 6.45) is 2.94. The highest BCUT2D eigenvalue weighted by molar-refractivity contribution is 9.10. The number of likely N-dealkylation sites (tertiary alicyclic amines) is 1. The third-order valence-electron chi connectivity index (χ3n) is 4.14. The van der Waals surface area contributed by atoms with E-state index < -0.39 is 0 Å². The summed E-state index contributed by atoms with van der Waals surface area (Å²) in [5.74, 6) is 1.68. The van der Waals surface area contributed by atoms with Gasteiger partial charge in [-0.05, 0) is 41.8 Å². The van der Waals surface area contributed by atoms with Gasteiger partial charge in [0.05, 0.1) is 4.47 Å². The molecule has 1 N–H and O–H groups in total. The predicted molar refractivity (Wildman–Crippen MR) is 92.8 cm³/mol. The van der Waals surface area contributed by atoms with Crippen LogP contribution in [0.4, 0.5) is 5.82 Å². The van der Waals surface area contributed by atoms with Gasteiger partial charge in [-0.15, -0.1) is 0 Å². The molecule has 2 aromatic rings. The maximum absolute atomic E-state index is 4.48. The van der Waals surface area contributed by atoms with Gasteiger partial charge in [0.2, 0.25) is 0 Å². The minimum Gasteiger partial charge on any atom is -0.365 e. The standard InChI is InChI=1S/C17H21BrN4/c1-12-8-15(21-17-16(18)9-19-13(2)20-17)11-22(12)10-14-6-4-3-5-7-14/h3-7,9,12,15H,8,10-11H2,1-2H3,(H,19,20,21). The lowest BCUT2D eigenvalue weighted by molar-refractivity contribution is 0.259. The van der Waals surface area contributed by atoms with Crippen LogP contribution in [-0.2, 0) is 6.54 Å². The van der Waals surface area contributed by atoms with E-state index in [0.717, 1.165) is 35.6 Å². The van der Waals surface area contributed by atoms with Crippen molar-refractivity contribution in [3.63, 3.8) is 0 Å². The third-order valence-corrected chi connectivity index (χ3v) is 4.72. The first-order valence-corrected chi connectivity index (χ1v) is 8.45. The zero-order chi connectivity index (χ0) is 15.5. The molecule has 5 heteroatoms. The van der Waals surface area contributed by atoms with Gasteiger partial charge in [0, 0.05) is 31.4 Å². The van der Waals surface area contributed by atoms with Crippen LogP contribution in [0.2, 0.25) is 0 Å². The number of hydrogen-bond donors (Lipinski definition) is 1. The number of hydrogen-bond acceptors (Lipinski definition) is 4. The summed E-state index contributed by atoms with van der Waals surface area (Å²) in [6, 6.07) is 11.6. The zero-order valence-electron chi connectivity index (χ0n) is 13.0. The molecule has 0 spiro atoms. The van der Waals surface area contributed by atoms with Crippen molar-refractivity contribution in [2.24, 2.45) is 0 Å². The van der Waals surface area contributed by atoms with Gasteiger partial charge in [0.1, 0.15) is 11.6 Å². The van der Waals surface area contributed by atoms with Crippen LogP contribution in [0.5, 0.6) is 0 Å². The van der Waals surface area contributed by atoms with Gasteiger partial charge in [0.15, 0.2) is 0 Å². The van der Waals surface area contributed by atoms with E-state index in [4.69, 9.17) is 0 Å². The molecule has 4 nitrogen and oxygen atoms in total. The summed E-state index contributed by atoms with van der Waals surface area (Å²) in [7, 11) is 0. The minimum absolute atomic E-state index is 0.421. The topological polar surface area (TPSA) is 41.1 Å². The van der Waals surface area contributed by atoms with E-state index >= 15 is 0 Å². The predicted octanol–water partition coefficient (Wildman–Crippen LogP) is 3.62. The highest BCUT2D eigenvalue weighted by Gasteiger charge is 2.29.